The van der Waals surface area contributed by atoms with Crippen LogP contribution in [0.3, 0.4) is 0 Å². The highest BCUT2D eigenvalue weighted by Crippen LogP contribution is 2.49. The zero-order valence-electron chi connectivity index (χ0n) is 23.4. The van der Waals surface area contributed by atoms with Crippen LogP contribution in [-0.4, -0.2) is 4.57 Å². The molecule has 7 aromatic rings. The Balaban J connectivity index is 1.58. The third-order valence-corrected chi connectivity index (χ3v) is 10.1. The smallest absolute Gasteiger partial charge is 0.0630 e. The zero-order chi connectivity index (χ0) is 27.0. The molecule has 5 aromatic carbocycles. The number of benzene rings is 5. The molecule has 8 rings (SSSR count). The lowest BCUT2D eigenvalue weighted by Gasteiger charge is -2.21. The van der Waals surface area contributed by atoms with E-state index in [-0.39, 0.29) is 5.41 Å². The maximum Gasteiger partial charge on any atom is 0.0630 e. The van der Waals surface area contributed by atoms with Crippen molar-refractivity contribution in [2.45, 2.75) is 51.9 Å². The summed E-state index contributed by atoms with van der Waals surface area (Å²) in [6.07, 6.45) is 7.36. The molecule has 0 saturated heterocycles. The summed E-state index contributed by atoms with van der Waals surface area (Å²) in [5, 5.41) is 8.27. The topological polar surface area (TPSA) is 4.93 Å². The molecule has 2 heterocycles. The van der Waals surface area contributed by atoms with Crippen LogP contribution in [0.25, 0.3) is 69.6 Å². The maximum atomic E-state index is 2.64. The third kappa shape index (κ3) is 3.52. The van der Waals surface area contributed by atoms with Gasteiger partial charge < -0.3 is 4.57 Å². The van der Waals surface area contributed by atoms with Crippen molar-refractivity contribution >= 4 is 69.8 Å². The van der Waals surface area contributed by atoms with Gasteiger partial charge in [0.25, 0.3) is 0 Å². The van der Waals surface area contributed by atoms with E-state index in [1.807, 2.05) is 11.3 Å². The second-order valence-electron chi connectivity index (χ2n) is 12.4. The lowest BCUT2D eigenvalue weighted by Crippen LogP contribution is -2.11. The van der Waals surface area contributed by atoms with Gasteiger partial charge in [0.1, 0.15) is 0 Å². The van der Waals surface area contributed by atoms with Crippen molar-refractivity contribution in [3.05, 3.63) is 103 Å². The van der Waals surface area contributed by atoms with Crippen LogP contribution in [0.2, 0.25) is 0 Å². The Kier molecular flexibility index (Phi) is 5.28. The molecule has 0 saturated carbocycles. The molecule has 0 bridgehead atoms. The third-order valence-electron chi connectivity index (χ3n) is 8.86. The number of fused-ring (bicyclic) bond motifs is 10. The van der Waals surface area contributed by atoms with Gasteiger partial charge in [0, 0.05) is 42.0 Å². The van der Waals surface area contributed by atoms with Crippen LogP contribution in [0.4, 0.5) is 0 Å². The van der Waals surface area contributed by atoms with E-state index in [0.717, 1.165) is 6.42 Å². The van der Waals surface area contributed by atoms with Gasteiger partial charge in [0.15, 0.2) is 0 Å². The average molecular weight is 536 g/mol. The van der Waals surface area contributed by atoms with Crippen LogP contribution in [0.1, 0.15) is 52.0 Å². The van der Waals surface area contributed by atoms with Crippen LogP contribution in [0, 0.1) is 0 Å². The van der Waals surface area contributed by atoms with Gasteiger partial charge in [0.05, 0.1) is 11.0 Å². The minimum absolute atomic E-state index is 0.0965. The number of aromatic nitrogens is 1. The maximum absolute atomic E-state index is 2.64. The fraction of sp³-hybridized carbons (Fsp3) is 0.211. The first-order valence-corrected chi connectivity index (χ1v) is 15.4. The van der Waals surface area contributed by atoms with Gasteiger partial charge >= 0.3 is 0 Å². The van der Waals surface area contributed by atoms with E-state index in [0.29, 0.717) is 0 Å². The van der Waals surface area contributed by atoms with Crippen LogP contribution in [-0.2, 0) is 5.41 Å². The van der Waals surface area contributed by atoms with Crippen LogP contribution >= 0.6 is 11.3 Å². The molecule has 0 amide bonds. The number of hydrogen-bond acceptors (Lipinski definition) is 1. The van der Waals surface area contributed by atoms with E-state index in [2.05, 4.69) is 122 Å². The first-order chi connectivity index (χ1) is 19.5. The standard InChI is InChI=1S/C38H33NS/c1-38(2,3)26-19-20-30-32(23-26)39(27-14-8-5-9-15-27)36-29-17-11-10-16-28(29)34-31-22-25(24-12-6-4-7-13-24)18-21-33(31)40-37(34)35(30)36/h4,6-7,10-14,16-23H,5,8-9,15H2,1-3H3. The summed E-state index contributed by atoms with van der Waals surface area (Å²) < 4.78 is 5.41. The fourth-order valence-corrected chi connectivity index (χ4v) is 8.08. The second kappa shape index (κ2) is 8.81. The molecule has 196 valence electrons. The predicted octanol–water partition coefficient (Wildman–Crippen LogP) is 11.7. The van der Waals surface area contributed by atoms with Gasteiger partial charge in [-0.15, -0.1) is 11.3 Å². The highest BCUT2D eigenvalue weighted by atomic mass is 32.1. The molecule has 0 fully saturated rings. The Morgan fingerprint density at radius 2 is 1.48 bits per heavy atom. The summed E-state index contributed by atoms with van der Waals surface area (Å²) in [5.74, 6) is 0. The minimum atomic E-state index is 0.0965. The number of thiophene rings is 1. The van der Waals surface area contributed by atoms with Gasteiger partial charge in [-0.3, -0.25) is 0 Å². The fourth-order valence-electron chi connectivity index (χ4n) is 6.82. The summed E-state index contributed by atoms with van der Waals surface area (Å²) in [6, 6.07) is 34.2. The summed E-state index contributed by atoms with van der Waals surface area (Å²) in [4.78, 5) is 0. The van der Waals surface area contributed by atoms with Crippen molar-refractivity contribution in [2.24, 2.45) is 0 Å². The highest BCUT2D eigenvalue weighted by Gasteiger charge is 2.24. The monoisotopic (exact) mass is 535 g/mol. The summed E-state index contributed by atoms with van der Waals surface area (Å²) in [5.41, 5.74) is 8.24. The second-order valence-corrected chi connectivity index (χ2v) is 13.5. The van der Waals surface area contributed by atoms with Crippen molar-refractivity contribution in [3.63, 3.8) is 0 Å². The van der Waals surface area contributed by atoms with Crippen LogP contribution < -0.4 is 0 Å². The average Bonchev–Trinajstić information content (AvgIpc) is 3.53. The Hall–Kier alpha value is -3.88. The summed E-state index contributed by atoms with van der Waals surface area (Å²) in [7, 11) is 0. The van der Waals surface area contributed by atoms with Crippen molar-refractivity contribution in [1.29, 1.82) is 0 Å². The van der Waals surface area contributed by atoms with Crippen molar-refractivity contribution in [1.82, 2.24) is 4.57 Å². The molecule has 0 N–H and O–H groups in total. The summed E-state index contributed by atoms with van der Waals surface area (Å²) in [6.45, 7) is 6.97. The molecule has 0 spiro atoms. The molecular weight excluding hydrogens is 502 g/mol. The van der Waals surface area contributed by atoms with Crippen LogP contribution in [0.15, 0.2) is 97.1 Å². The van der Waals surface area contributed by atoms with E-state index < -0.39 is 0 Å². The number of rotatable bonds is 2. The van der Waals surface area contributed by atoms with Gasteiger partial charge in [0.2, 0.25) is 0 Å². The lowest BCUT2D eigenvalue weighted by molar-refractivity contribution is 0.591. The molecule has 0 radical (unpaired) electrons. The molecule has 1 nitrogen and oxygen atoms in total. The molecule has 1 aliphatic rings. The van der Waals surface area contributed by atoms with E-state index >= 15 is 0 Å². The summed E-state index contributed by atoms with van der Waals surface area (Å²) >= 11 is 1.96. The lowest BCUT2D eigenvalue weighted by atomic mass is 9.86. The number of hydrogen-bond donors (Lipinski definition) is 0. The van der Waals surface area contributed by atoms with Gasteiger partial charge in [-0.1, -0.05) is 99.6 Å². The number of nitrogens with zero attached hydrogens (tertiary/aromatic N) is 1. The molecule has 0 atom stereocenters. The highest BCUT2D eigenvalue weighted by molar-refractivity contribution is 7.27. The van der Waals surface area contributed by atoms with Crippen molar-refractivity contribution < 1.29 is 0 Å². The minimum Gasteiger partial charge on any atom is -0.313 e. The molecule has 2 heteroatoms. The van der Waals surface area contributed by atoms with Gasteiger partial charge in [-0.05, 0) is 71.4 Å². The normalized spacial score (nSPS) is 14.6. The molecule has 2 aromatic heterocycles. The predicted molar refractivity (Wildman–Crippen MR) is 177 cm³/mol. The van der Waals surface area contributed by atoms with Crippen LogP contribution in [0.5, 0.6) is 0 Å². The van der Waals surface area contributed by atoms with Crippen molar-refractivity contribution in [2.75, 3.05) is 0 Å². The Morgan fingerprint density at radius 1 is 0.675 bits per heavy atom. The molecule has 0 unspecified atom stereocenters. The largest absolute Gasteiger partial charge is 0.313 e. The Labute approximate surface area is 239 Å². The molecule has 40 heavy (non-hydrogen) atoms. The van der Waals surface area contributed by atoms with E-state index in [9.17, 15) is 0 Å². The van der Waals surface area contributed by atoms with Crippen molar-refractivity contribution in [3.8, 4) is 11.1 Å². The van der Waals surface area contributed by atoms with E-state index in [1.54, 1.807) is 0 Å². The van der Waals surface area contributed by atoms with E-state index in [4.69, 9.17) is 0 Å². The Bertz CT molecular complexity index is 2130. The number of allylic oxidation sites excluding steroid dienone is 2. The molecule has 1 aliphatic carbocycles. The van der Waals surface area contributed by atoms with Gasteiger partial charge in [-0.2, -0.15) is 0 Å². The quantitative estimate of drug-likeness (QED) is 0.207. The van der Waals surface area contributed by atoms with E-state index in [1.165, 1.54) is 94.4 Å². The molecule has 0 aliphatic heterocycles. The first kappa shape index (κ1) is 24.0. The molecular formula is C38H33NS. The first-order valence-electron chi connectivity index (χ1n) is 14.6. The Morgan fingerprint density at radius 3 is 2.25 bits per heavy atom. The van der Waals surface area contributed by atoms with Gasteiger partial charge in [-0.25, -0.2) is 0 Å². The zero-order valence-corrected chi connectivity index (χ0v) is 24.2. The SMILES string of the molecule is CC(C)(C)c1ccc2c3c4sc5ccc(-c6ccccc6)cc5c4c4ccccc4c3n(C3=CCCCC3)c2c1.